The van der Waals surface area contributed by atoms with Crippen molar-refractivity contribution in [1.82, 2.24) is 5.32 Å². The number of benzene rings is 2. The fraction of sp³-hybridized carbons (Fsp3) is 0.211. The zero-order chi connectivity index (χ0) is 18.4. The Morgan fingerprint density at radius 3 is 2.40 bits per heavy atom. The van der Waals surface area contributed by atoms with Crippen molar-refractivity contribution in [1.29, 1.82) is 0 Å². The monoisotopic (exact) mass is 349 g/mol. The highest BCUT2D eigenvalue weighted by molar-refractivity contribution is 5.78. The number of hydrogen-bond acceptors (Lipinski definition) is 2. The number of carbonyl (C=O) groups excluding carboxylic acids is 1. The van der Waals surface area contributed by atoms with Crippen LogP contribution in [0.3, 0.4) is 0 Å². The van der Waals surface area contributed by atoms with Crippen LogP contribution < -0.4 is 5.32 Å². The molecule has 1 atom stereocenters. The lowest BCUT2D eigenvalue weighted by molar-refractivity contribution is -0.121. The van der Waals surface area contributed by atoms with E-state index < -0.39 is 17.2 Å². The first-order valence-corrected chi connectivity index (χ1v) is 7.64. The van der Waals surface area contributed by atoms with Gasteiger partial charge in [0.05, 0.1) is 6.54 Å². The quantitative estimate of drug-likeness (QED) is 0.838. The van der Waals surface area contributed by atoms with Crippen molar-refractivity contribution in [2.45, 2.75) is 18.9 Å². The minimum Gasteiger partial charge on any atom is -0.383 e. The molecule has 132 valence electrons. The summed E-state index contributed by atoms with van der Waals surface area (Å²) < 4.78 is 39.5. The minimum absolute atomic E-state index is 0.0410. The van der Waals surface area contributed by atoms with Crippen LogP contribution in [0.5, 0.6) is 0 Å². The first-order valence-electron chi connectivity index (χ1n) is 7.64. The largest absolute Gasteiger partial charge is 0.383 e. The standard InChI is InChI=1S/C19H18F3NO2/c1-19(25,16-10-9-15(21)11-17(16)22)12-23-18(24)4-2-3-13-5-7-14(20)8-6-13/h2-3,5-11,25H,4,12H2,1H3,(H,23,24). The summed E-state index contributed by atoms with van der Waals surface area (Å²) in [6.45, 7) is 1.11. The van der Waals surface area contributed by atoms with Crippen molar-refractivity contribution >= 4 is 12.0 Å². The maximum absolute atomic E-state index is 13.7. The first kappa shape index (κ1) is 18.7. The van der Waals surface area contributed by atoms with E-state index in [9.17, 15) is 23.1 Å². The van der Waals surface area contributed by atoms with Gasteiger partial charge in [0.25, 0.3) is 0 Å². The van der Waals surface area contributed by atoms with Gasteiger partial charge in [-0.2, -0.15) is 0 Å². The highest BCUT2D eigenvalue weighted by Crippen LogP contribution is 2.23. The summed E-state index contributed by atoms with van der Waals surface area (Å²) in [4.78, 5) is 11.8. The van der Waals surface area contributed by atoms with Gasteiger partial charge >= 0.3 is 0 Å². The van der Waals surface area contributed by atoms with E-state index in [1.165, 1.54) is 19.1 Å². The average molecular weight is 349 g/mol. The Morgan fingerprint density at radius 1 is 1.12 bits per heavy atom. The highest BCUT2D eigenvalue weighted by atomic mass is 19.1. The van der Waals surface area contributed by atoms with Crippen molar-refractivity contribution in [2.75, 3.05) is 6.54 Å². The van der Waals surface area contributed by atoms with Crippen LogP contribution in [0.15, 0.2) is 48.5 Å². The van der Waals surface area contributed by atoms with Crippen molar-refractivity contribution in [3.05, 3.63) is 77.1 Å². The number of nitrogens with one attached hydrogen (secondary N) is 1. The van der Waals surface area contributed by atoms with Gasteiger partial charge in [-0.25, -0.2) is 13.2 Å². The predicted octanol–water partition coefficient (Wildman–Crippen LogP) is 3.53. The molecule has 2 rings (SSSR count). The molecule has 3 nitrogen and oxygen atoms in total. The van der Waals surface area contributed by atoms with E-state index in [2.05, 4.69) is 5.32 Å². The van der Waals surface area contributed by atoms with Crippen LogP contribution in [-0.4, -0.2) is 17.6 Å². The number of halogens is 3. The van der Waals surface area contributed by atoms with Crippen LogP contribution in [0.1, 0.15) is 24.5 Å². The molecule has 0 bridgehead atoms. The molecule has 0 saturated heterocycles. The summed E-state index contributed by atoms with van der Waals surface area (Å²) >= 11 is 0. The molecule has 1 unspecified atom stereocenters. The van der Waals surface area contributed by atoms with E-state index in [1.807, 2.05) is 0 Å². The number of aliphatic hydroxyl groups is 1. The van der Waals surface area contributed by atoms with Crippen molar-refractivity contribution in [3.63, 3.8) is 0 Å². The molecule has 0 heterocycles. The molecule has 0 aromatic heterocycles. The molecule has 0 spiro atoms. The predicted molar refractivity (Wildman–Crippen MR) is 89.0 cm³/mol. The molecule has 0 aliphatic heterocycles. The van der Waals surface area contributed by atoms with Gasteiger partial charge in [0.2, 0.25) is 5.91 Å². The molecule has 0 radical (unpaired) electrons. The van der Waals surface area contributed by atoms with Gasteiger partial charge in [0.1, 0.15) is 23.1 Å². The van der Waals surface area contributed by atoms with Crippen LogP contribution in [0.2, 0.25) is 0 Å². The first-order chi connectivity index (χ1) is 11.8. The fourth-order valence-corrected chi connectivity index (χ4v) is 2.24. The van der Waals surface area contributed by atoms with Gasteiger partial charge < -0.3 is 10.4 Å². The Morgan fingerprint density at radius 2 is 1.76 bits per heavy atom. The Bertz CT molecular complexity index is 771. The summed E-state index contributed by atoms with van der Waals surface area (Å²) in [6.07, 6.45) is 3.30. The molecule has 2 N–H and O–H groups in total. The Labute approximate surface area is 143 Å². The molecular weight excluding hydrogens is 331 g/mol. The highest BCUT2D eigenvalue weighted by Gasteiger charge is 2.27. The van der Waals surface area contributed by atoms with Gasteiger partial charge in [-0.15, -0.1) is 0 Å². The second kappa shape index (κ2) is 7.98. The molecule has 0 saturated carbocycles. The summed E-state index contributed by atoms with van der Waals surface area (Å²) in [5.74, 6) is -2.34. The topological polar surface area (TPSA) is 49.3 Å². The third kappa shape index (κ3) is 5.46. The maximum atomic E-state index is 13.7. The summed E-state index contributed by atoms with van der Waals surface area (Å²) in [5, 5.41) is 12.8. The Kier molecular flexibility index (Phi) is 5.98. The molecule has 2 aromatic carbocycles. The SMILES string of the molecule is CC(O)(CNC(=O)CC=Cc1ccc(F)cc1)c1ccc(F)cc1F. The summed E-state index contributed by atoms with van der Waals surface area (Å²) in [7, 11) is 0. The molecule has 0 aliphatic rings. The third-order valence-electron chi connectivity index (χ3n) is 3.62. The minimum atomic E-state index is -1.67. The number of hydrogen-bond donors (Lipinski definition) is 2. The van der Waals surface area contributed by atoms with Crippen LogP contribution >= 0.6 is 0 Å². The summed E-state index contributed by atoms with van der Waals surface area (Å²) in [5.41, 5.74) is -1.03. The van der Waals surface area contributed by atoms with Crippen LogP contribution in [0.4, 0.5) is 13.2 Å². The Balaban J connectivity index is 1.89. The zero-order valence-electron chi connectivity index (χ0n) is 13.6. The molecule has 0 fully saturated rings. The second-order valence-corrected chi connectivity index (χ2v) is 5.83. The maximum Gasteiger partial charge on any atom is 0.223 e. The molecule has 0 aliphatic carbocycles. The van der Waals surface area contributed by atoms with E-state index in [-0.39, 0.29) is 30.3 Å². The van der Waals surface area contributed by atoms with Crippen LogP contribution in [0.25, 0.3) is 6.08 Å². The van der Waals surface area contributed by atoms with E-state index >= 15 is 0 Å². The van der Waals surface area contributed by atoms with Gasteiger partial charge in [-0.1, -0.05) is 30.4 Å². The van der Waals surface area contributed by atoms with Crippen molar-refractivity contribution < 1.29 is 23.1 Å². The van der Waals surface area contributed by atoms with E-state index in [1.54, 1.807) is 24.3 Å². The normalized spacial score (nSPS) is 13.6. The summed E-state index contributed by atoms with van der Waals surface area (Å²) in [6, 6.07) is 8.64. The molecule has 2 aromatic rings. The van der Waals surface area contributed by atoms with Crippen molar-refractivity contribution in [2.24, 2.45) is 0 Å². The lowest BCUT2D eigenvalue weighted by atomic mass is 9.95. The second-order valence-electron chi connectivity index (χ2n) is 5.83. The van der Waals surface area contributed by atoms with E-state index in [0.29, 0.717) is 6.07 Å². The number of amides is 1. The van der Waals surface area contributed by atoms with Gasteiger partial charge in [-0.3, -0.25) is 4.79 Å². The third-order valence-corrected chi connectivity index (χ3v) is 3.62. The Hall–Kier alpha value is -2.60. The number of carbonyl (C=O) groups is 1. The van der Waals surface area contributed by atoms with Gasteiger partial charge in [0.15, 0.2) is 0 Å². The van der Waals surface area contributed by atoms with Crippen LogP contribution in [0, 0.1) is 17.5 Å². The van der Waals surface area contributed by atoms with Gasteiger partial charge in [-0.05, 0) is 30.7 Å². The van der Waals surface area contributed by atoms with Crippen LogP contribution in [-0.2, 0) is 10.4 Å². The molecule has 1 amide bonds. The lowest BCUT2D eigenvalue weighted by Gasteiger charge is -2.24. The molecule has 6 heteroatoms. The van der Waals surface area contributed by atoms with E-state index in [0.717, 1.165) is 17.7 Å². The average Bonchev–Trinajstić information content (AvgIpc) is 2.54. The van der Waals surface area contributed by atoms with Crippen molar-refractivity contribution in [3.8, 4) is 0 Å². The smallest absolute Gasteiger partial charge is 0.223 e. The van der Waals surface area contributed by atoms with Gasteiger partial charge in [0, 0.05) is 18.1 Å². The number of rotatable bonds is 6. The lowest BCUT2D eigenvalue weighted by Crippen LogP contribution is -2.39. The van der Waals surface area contributed by atoms with E-state index in [4.69, 9.17) is 0 Å². The molecule has 25 heavy (non-hydrogen) atoms. The zero-order valence-corrected chi connectivity index (χ0v) is 13.6. The fourth-order valence-electron chi connectivity index (χ4n) is 2.24. The molecular formula is C19H18F3NO2.